The van der Waals surface area contributed by atoms with Crippen LogP contribution >= 0.6 is 11.8 Å². The van der Waals surface area contributed by atoms with Crippen molar-refractivity contribution in [1.82, 2.24) is 9.78 Å². The summed E-state index contributed by atoms with van der Waals surface area (Å²) in [6.45, 7) is 8.30. The summed E-state index contributed by atoms with van der Waals surface area (Å²) in [6.07, 6.45) is 1.21. The Morgan fingerprint density at radius 3 is 2.27 bits per heavy atom. The minimum Gasteiger partial charge on any atom is -0.342 e. The van der Waals surface area contributed by atoms with E-state index in [-0.39, 0.29) is 17.1 Å². The topological polar surface area (TPSA) is 76.0 Å². The number of fused-ring (bicyclic) bond motifs is 1. The summed E-state index contributed by atoms with van der Waals surface area (Å²) in [7, 11) is 0. The predicted molar refractivity (Wildman–Crippen MR) is 160 cm³/mol. The summed E-state index contributed by atoms with van der Waals surface area (Å²) < 4.78 is 1.88. The maximum absolute atomic E-state index is 13.6. The Kier molecular flexibility index (Phi) is 6.62. The summed E-state index contributed by atoms with van der Waals surface area (Å²) in [5.41, 5.74) is 5.91. The van der Waals surface area contributed by atoms with Gasteiger partial charge in [-0.15, -0.1) is 0 Å². The average Bonchev–Trinajstić information content (AvgIpc) is 3.25. The minimum atomic E-state index is -0.390. The number of amides is 1. The maximum atomic E-state index is 13.6. The first-order chi connectivity index (χ1) is 19.2. The molecule has 1 aromatic heterocycles. The molecule has 1 unspecified atom stereocenters. The summed E-state index contributed by atoms with van der Waals surface area (Å²) in [4.78, 5) is 28.1. The van der Waals surface area contributed by atoms with Gasteiger partial charge in [0.25, 0.3) is 5.91 Å². The largest absolute Gasteiger partial charge is 0.342 e. The van der Waals surface area contributed by atoms with Crippen molar-refractivity contribution in [3.05, 3.63) is 112 Å². The number of carbonyl (C=O) groups excluding carboxylic acids is 2. The highest BCUT2D eigenvalue weighted by Crippen LogP contribution is 2.49. The molecule has 1 amide bonds. The van der Waals surface area contributed by atoms with E-state index < -0.39 is 6.04 Å². The monoisotopic (exact) mass is 548 g/mol. The third-order valence-corrected chi connectivity index (χ3v) is 8.48. The van der Waals surface area contributed by atoms with Gasteiger partial charge in [-0.25, -0.2) is 4.68 Å². The Morgan fingerprint density at radius 2 is 1.60 bits per heavy atom. The van der Waals surface area contributed by atoms with Gasteiger partial charge in [-0.05, 0) is 55.5 Å². The van der Waals surface area contributed by atoms with Gasteiger partial charge in [0.05, 0.1) is 0 Å². The number of nitrogens with one attached hydrogen (secondary N) is 2. The van der Waals surface area contributed by atoms with E-state index >= 15 is 0 Å². The zero-order chi connectivity index (χ0) is 28.0. The molecule has 1 aliphatic heterocycles. The fourth-order valence-corrected chi connectivity index (χ4v) is 6.36. The number of rotatable bonds is 5. The smallest absolute Gasteiger partial charge is 0.255 e. The number of aryl methyl sites for hydroxylation is 2. The van der Waals surface area contributed by atoms with E-state index in [1.807, 2.05) is 66.2 Å². The van der Waals surface area contributed by atoms with Crippen molar-refractivity contribution in [3.8, 4) is 0 Å². The standard InChI is InChI=1S/C33H32N4O2S/c1-20-10-14-23(15-11-20)31(39)35-28-30-34-25-18-33(3,4)19-26(38)27(25)29(22-8-6-5-7-9-22)37(30)36-32(28)40-24-16-12-21(2)13-17-24/h5-17,29,34H,18-19H2,1-4H3,(H,35,39). The fourth-order valence-electron chi connectivity index (χ4n) is 5.48. The molecule has 6 nitrogen and oxygen atoms in total. The van der Waals surface area contributed by atoms with Crippen LogP contribution in [0.5, 0.6) is 0 Å². The van der Waals surface area contributed by atoms with Gasteiger partial charge in [0.1, 0.15) is 16.8 Å². The van der Waals surface area contributed by atoms with Crippen molar-refractivity contribution in [2.24, 2.45) is 5.41 Å². The number of aromatic nitrogens is 2. The molecule has 1 atom stereocenters. The molecule has 1 aliphatic carbocycles. The van der Waals surface area contributed by atoms with E-state index in [1.165, 1.54) is 17.3 Å². The number of nitrogens with zero attached hydrogens (tertiary/aromatic N) is 2. The second-order valence-electron chi connectivity index (χ2n) is 11.5. The van der Waals surface area contributed by atoms with E-state index in [2.05, 4.69) is 55.7 Å². The van der Waals surface area contributed by atoms with Gasteiger partial charge >= 0.3 is 0 Å². The zero-order valence-corrected chi connectivity index (χ0v) is 23.9. The number of hydrogen-bond donors (Lipinski definition) is 2. The minimum absolute atomic E-state index is 0.131. The molecule has 0 spiro atoms. The molecule has 0 radical (unpaired) electrons. The van der Waals surface area contributed by atoms with Crippen molar-refractivity contribution >= 4 is 35.0 Å². The van der Waals surface area contributed by atoms with Crippen LogP contribution in [0.4, 0.5) is 11.5 Å². The molecule has 3 aromatic carbocycles. The van der Waals surface area contributed by atoms with Crippen LogP contribution < -0.4 is 10.6 Å². The van der Waals surface area contributed by atoms with E-state index in [4.69, 9.17) is 5.10 Å². The first-order valence-electron chi connectivity index (χ1n) is 13.5. The molecule has 0 fully saturated rings. The lowest BCUT2D eigenvalue weighted by Crippen LogP contribution is -2.36. The van der Waals surface area contributed by atoms with Crippen molar-refractivity contribution in [2.45, 2.75) is 56.5 Å². The van der Waals surface area contributed by atoms with Crippen LogP contribution in [0.25, 0.3) is 0 Å². The fraction of sp³-hybridized carbons (Fsp3) is 0.242. The summed E-state index contributed by atoms with van der Waals surface area (Å²) >= 11 is 1.50. The van der Waals surface area contributed by atoms with Crippen LogP contribution in [0.1, 0.15) is 59.8 Å². The van der Waals surface area contributed by atoms with Crippen LogP contribution in [0, 0.1) is 19.3 Å². The molecule has 40 heavy (non-hydrogen) atoms. The van der Waals surface area contributed by atoms with Crippen LogP contribution in [-0.4, -0.2) is 21.5 Å². The number of anilines is 2. The Morgan fingerprint density at radius 1 is 0.950 bits per heavy atom. The third-order valence-electron chi connectivity index (χ3n) is 7.49. The average molecular weight is 549 g/mol. The lowest BCUT2D eigenvalue weighted by molar-refractivity contribution is -0.118. The van der Waals surface area contributed by atoms with Gasteiger partial charge in [-0.3, -0.25) is 9.59 Å². The van der Waals surface area contributed by atoms with E-state index in [0.29, 0.717) is 28.5 Å². The van der Waals surface area contributed by atoms with Crippen molar-refractivity contribution in [1.29, 1.82) is 0 Å². The number of carbonyl (C=O) groups is 2. The molecule has 6 rings (SSSR count). The van der Waals surface area contributed by atoms with Crippen LogP contribution in [-0.2, 0) is 4.79 Å². The molecule has 0 bridgehead atoms. The second kappa shape index (κ2) is 10.1. The van der Waals surface area contributed by atoms with Gasteiger partial charge in [0.15, 0.2) is 11.6 Å². The third kappa shape index (κ3) is 4.97. The van der Waals surface area contributed by atoms with Crippen molar-refractivity contribution in [3.63, 3.8) is 0 Å². The molecule has 2 heterocycles. The van der Waals surface area contributed by atoms with Gasteiger partial charge in [0.2, 0.25) is 0 Å². The molecule has 202 valence electrons. The summed E-state index contributed by atoms with van der Waals surface area (Å²) in [5.74, 6) is 0.611. The van der Waals surface area contributed by atoms with Gasteiger partial charge in [0, 0.05) is 28.1 Å². The van der Waals surface area contributed by atoms with E-state index in [1.54, 1.807) is 0 Å². The number of benzene rings is 3. The molecule has 0 saturated carbocycles. The summed E-state index contributed by atoms with van der Waals surface area (Å²) in [5, 5.41) is 12.5. The molecule has 2 aliphatic rings. The van der Waals surface area contributed by atoms with E-state index in [0.717, 1.165) is 33.7 Å². The maximum Gasteiger partial charge on any atom is 0.255 e. The Labute approximate surface area is 238 Å². The first-order valence-corrected chi connectivity index (χ1v) is 14.3. The first kappa shape index (κ1) is 26.1. The highest BCUT2D eigenvalue weighted by Gasteiger charge is 2.42. The zero-order valence-electron chi connectivity index (χ0n) is 23.1. The molecule has 7 heteroatoms. The Bertz CT molecular complexity index is 1630. The number of hydrogen-bond acceptors (Lipinski definition) is 5. The number of ketones is 1. The van der Waals surface area contributed by atoms with Gasteiger partial charge in [-0.2, -0.15) is 5.10 Å². The number of allylic oxidation sites excluding steroid dienone is 2. The van der Waals surface area contributed by atoms with Gasteiger partial charge in [-0.1, -0.05) is 91.3 Å². The van der Waals surface area contributed by atoms with Crippen LogP contribution in [0.3, 0.4) is 0 Å². The molecular formula is C33H32N4O2S. The molecule has 4 aromatic rings. The molecule has 2 N–H and O–H groups in total. The van der Waals surface area contributed by atoms with Gasteiger partial charge < -0.3 is 10.6 Å². The normalized spacial score (nSPS) is 17.6. The SMILES string of the molecule is Cc1ccc(Sc2nn3c(c2NC(=O)c2ccc(C)cc2)NC2=C(C(=O)CC(C)(C)C2)C3c2ccccc2)cc1. The highest BCUT2D eigenvalue weighted by atomic mass is 32.2. The lowest BCUT2D eigenvalue weighted by Gasteiger charge is -2.39. The molecular weight excluding hydrogens is 516 g/mol. The van der Waals surface area contributed by atoms with Crippen LogP contribution in [0.2, 0.25) is 0 Å². The second-order valence-corrected chi connectivity index (χ2v) is 12.5. The summed E-state index contributed by atoms with van der Waals surface area (Å²) in [6, 6.07) is 25.4. The van der Waals surface area contributed by atoms with Crippen LogP contribution in [0.15, 0.2) is 100 Å². The Balaban J connectivity index is 1.50. The highest BCUT2D eigenvalue weighted by molar-refractivity contribution is 7.99. The van der Waals surface area contributed by atoms with E-state index in [9.17, 15) is 9.59 Å². The van der Waals surface area contributed by atoms with Crippen molar-refractivity contribution < 1.29 is 9.59 Å². The quantitative estimate of drug-likeness (QED) is 0.269. The number of Topliss-reactive ketones (excluding diaryl/α,β-unsaturated/α-hetero) is 1. The predicted octanol–water partition coefficient (Wildman–Crippen LogP) is 7.56. The van der Waals surface area contributed by atoms with Crippen molar-refractivity contribution in [2.75, 3.05) is 10.6 Å². The Hall–Kier alpha value is -4.10. The lowest BCUT2D eigenvalue weighted by atomic mass is 9.73. The molecule has 0 saturated heterocycles.